The van der Waals surface area contributed by atoms with Gasteiger partial charge in [-0.3, -0.25) is 0 Å². The van der Waals surface area contributed by atoms with Crippen LogP contribution in [0.4, 0.5) is 0 Å². The van der Waals surface area contributed by atoms with Gasteiger partial charge in [0.15, 0.2) is 6.71 Å². The fourth-order valence-corrected chi connectivity index (χ4v) is 1.82. The van der Waals surface area contributed by atoms with Crippen LogP contribution in [-0.2, 0) is 6.61 Å². The van der Waals surface area contributed by atoms with Crippen molar-refractivity contribution in [2.75, 3.05) is 0 Å². The van der Waals surface area contributed by atoms with Gasteiger partial charge in [-0.1, -0.05) is 62.2 Å². The molecular formula is C15H17BO. The lowest BCUT2D eigenvalue weighted by Gasteiger charge is -2.12. The van der Waals surface area contributed by atoms with Gasteiger partial charge in [-0.15, -0.1) is 0 Å². The van der Waals surface area contributed by atoms with Gasteiger partial charge in [0.25, 0.3) is 0 Å². The first-order valence-electron chi connectivity index (χ1n) is 6.03. The van der Waals surface area contributed by atoms with E-state index < -0.39 is 0 Å². The predicted molar refractivity (Wildman–Crippen MR) is 74.3 cm³/mol. The fourth-order valence-electron chi connectivity index (χ4n) is 1.82. The Balaban J connectivity index is 2.09. The summed E-state index contributed by atoms with van der Waals surface area (Å²) in [6.45, 7) is 5.49. The van der Waals surface area contributed by atoms with Crippen LogP contribution in [0.1, 0.15) is 5.56 Å². The lowest BCUT2D eigenvalue weighted by Crippen LogP contribution is -2.24. The molecule has 0 heterocycles. The minimum Gasteiger partial charge on any atom is -0.489 e. The smallest absolute Gasteiger partial charge is 0.174 e. The summed E-state index contributed by atoms with van der Waals surface area (Å²) in [7, 11) is 0. The lowest BCUT2D eigenvalue weighted by atomic mass is 9.49. The van der Waals surface area contributed by atoms with Crippen molar-refractivity contribution in [2.24, 2.45) is 0 Å². The molecule has 0 bridgehead atoms. The Kier molecular flexibility index (Phi) is 3.87. The van der Waals surface area contributed by atoms with Gasteiger partial charge in [0.2, 0.25) is 0 Å². The van der Waals surface area contributed by atoms with Gasteiger partial charge >= 0.3 is 0 Å². The average molecular weight is 224 g/mol. The van der Waals surface area contributed by atoms with E-state index in [1.165, 1.54) is 11.0 Å². The van der Waals surface area contributed by atoms with Crippen LogP contribution in [0, 0.1) is 0 Å². The van der Waals surface area contributed by atoms with E-state index in [0.29, 0.717) is 13.3 Å². The van der Waals surface area contributed by atoms with Gasteiger partial charge in [-0.05, 0) is 17.1 Å². The van der Waals surface area contributed by atoms with Crippen molar-refractivity contribution in [2.45, 2.75) is 20.3 Å². The zero-order chi connectivity index (χ0) is 12.1. The van der Waals surface area contributed by atoms with Crippen molar-refractivity contribution in [3.05, 3.63) is 60.2 Å². The first-order valence-corrected chi connectivity index (χ1v) is 6.03. The fraction of sp³-hybridized carbons (Fsp3) is 0.200. The SMILES string of the molecule is CB(C)c1ccccc1OCc1ccccc1. The number of ether oxygens (including phenoxy) is 1. The van der Waals surface area contributed by atoms with Gasteiger partial charge in [0.1, 0.15) is 12.4 Å². The van der Waals surface area contributed by atoms with E-state index in [1.54, 1.807) is 0 Å². The van der Waals surface area contributed by atoms with Crippen molar-refractivity contribution in [3.8, 4) is 5.75 Å². The maximum absolute atomic E-state index is 5.88. The van der Waals surface area contributed by atoms with E-state index in [2.05, 4.69) is 37.9 Å². The van der Waals surface area contributed by atoms with Gasteiger partial charge in [0, 0.05) is 0 Å². The molecule has 1 nitrogen and oxygen atoms in total. The number of hydrogen-bond acceptors (Lipinski definition) is 1. The Bertz CT molecular complexity index is 465. The lowest BCUT2D eigenvalue weighted by molar-refractivity contribution is 0.308. The first kappa shape index (κ1) is 11.8. The van der Waals surface area contributed by atoms with Crippen molar-refractivity contribution < 1.29 is 4.74 Å². The van der Waals surface area contributed by atoms with Crippen LogP contribution >= 0.6 is 0 Å². The van der Waals surface area contributed by atoms with Crippen molar-refractivity contribution in [1.82, 2.24) is 0 Å². The standard InChI is InChI=1S/C15H17BO/c1-16(2)14-10-6-7-11-15(14)17-12-13-8-4-3-5-9-13/h3-11H,12H2,1-2H3. The van der Waals surface area contributed by atoms with Gasteiger partial charge < -0.3 is 4.74 Å². The summed E-state index contributed by atoms with van der Waals surface area (Å²) in [6, 6.07) is 18.5. The zero-order valence-corrected chi connectivity index (χ0v) is 10.4. The molecule has 0 radical (unpaired) electrons. The molecule has 2 aromatic rings. The second kappa shape index (κ2) is 5.58. The Hall–Kier alpha value is -1.70. The molecule has 0 aliphatic heterocycles. The molecule has 0 unspecified atom stereocenters. The van der Waals surface area contributed by atoms with E-state index in [1.807, 2.05) is 30.3 Å². The van der Waals surface area contributed by atoms with Gasteiger partial charge in [-0.25, -0.2) is 0 Å². The average Bonchev–Trinajstić information content (AvgIpc) is 2.38. The highest BCUT2D eigenvalue weighted by Gasteiger charge is 2.09. The Morgan fingerprint density at radius 1 is 0.882 bits per heavy atom. The highest BCUT2D eigenvalue weighted by atomic mass is 16.5. The van der Waals surface area contributed by atoms with Crippen LogP contribution in [0.25, 0.3) is 0 Å². The normalized spacial score (nSPS) is 10.0. The zero-order valence-electron chi connectivity index (χ0n) is 10.4. The number of rotatable bonds is 4. The maximum Gasteiger partial charge on any atom is 0.174 e. The summed E-state index contributed by atoms with van der Waals surface area (Å²) in [5.41, 5.74) is 2.47. The van der Waals surface area contributed by atoms with Gasteiger partial charge in [-0.2, -0.15) is 0 Å². The molecule has 86 valence electrons. The molecule has 2 heteroatoms. The molecular weight excluding hydrogens is 207 g/mol. The molecule has 0 aromatic heterocycles. The van der Waals surface area contributed by atoms with E-state index >= 15 is 0 Å². The predicted octanol–water partition coefficient (Wildman–Crippen LogP) is 3.23. The quantitative estimate of drug-likeness (QED) is 0.724. The molecule has 0 amide bonds. The van der Waals surface area contributed by atoms with E-state index in [9.17, 15) is 0 Å². The van der Waals surface area contributed by atoms with E-state index in [4.69, 9.17) is 4.74 Å². The first-order chi connectivity index (χ1) is 8.27. The summed E-state index contributed by atoms with van der Waals surface area (Å²) < 4.78 is 5.88. The second-order valence-electron chi connectivity index (χ2n) is 4.47. The Morgan fingerprint density at radius 3 is 2.24 bits per heavy atom. The molecule has 0 atom stereocenters. The number of para-hydroxylation sites is 1. The number of hydrogen-bond donors (Lipinski definition) is 0. The monoisotopic (exact) mass is 224 g/mol. The topological polar surface area (TPSA) is 9.23 Å². The van der Waals surface area contributed by atoms with Crippen LogP contribution in [0.3, 0.4) is 0 Å². The highest BCUT2D eigenvalue weighted by molar-refractivity contribution is 6.71. The molecule has 0 saturated carbocycles. The molecule has 0 saturated heterocycles. The van der Waals surface area contributed by atoms with Crippen LogP contribution < -0.4 is 10.2 Å². The van der Waals surface area contributed by atoms with Crippen LogP contribution in [0.2, 0.25) is 13.6 Å². The summed E-state index contributed by atoms with van der Waals surface area (Å²) in [6.07, 6.45) is 0. The minimum atomic E-state index is 0.488. The van der Waals surface area contributed by atoms with Crippen LogP contribution in [-0.4, -0.2) is 6.71 Å². The van der Waals surface area contributed by atoms with Crippen molar-refractivity contribution in [1.29, 1.82) is 0 Å². The van der Waals surface area contributed by atoms with Gasteiger partial charge in [0.05, 0.1) is 0 Å². The molecule has 0 spiro atoms. The highest BCUT2D eigenvalue weighted by Crippen LogP contribution is 2.11. The summed E-state index contributed by atoms with van der Waals surface area (Å²) in [4.78, 5) is 0. The Morgan fingerprint density at radius 2 is 1.53 bits per heavy atom. The van der Waals surface area contributed by atoms with Crippen LogP contribution in [0.15, 0.2) is 54.6 Å². The van der Waals surface area contributed by atoms with Crippen molar-refractivity contribution >= 4 is 12.2 Å². The largest absolute Gasteiger partial charge is 0.489 e. The van der Waals surface area contributed by atoms with E-state index in [-0.39, 0.29) is 0 Å². The molecule has 0 N–H and O–H groups in total. The molecule has 0 aliphatic carbocycles. The molecule has 17 heavy (non-hydrogen) atoms. The molecule has 2 aromatic carbocycles. The second-order valence-corrected chi connectivity index (χ2v) is 4.47. The third-order valence-corrected chi connectivity index (χ3v) is 2.78. The van der Waals surface area contributed by atoms with Crippen LogP contribution in [0.5, 0.6) is 5.75 Å². The third kappa shape index (κ3) is 3.13. The maximum atomic E-state index is 5.88. The van der Waals surface area contributed by atoms with E-state index in [0.717, 1.165) is 5.75 Å². The Labute approximate surface area is 104 Å². The third-order valence-electron chi connectivity index (χ3n) is 2.78. The van der Waals surface area contributed by atoms with Crippen molar-refractivity contribution in [3.63, 3.8) is 0 Å². The number of benzene rings is 2. The molecule has 2 rings (SSSR count). The minimum absolute atomic E-state index is 0.488. The summed E-state index contributed by atoms with van der Waals surface area (Å²) in [5.74, 6) is 0.992. The molecule has 0 aliphatic rings. The summed E-state index contributed by atoms with van der Waals surface area (Å²) in [5, 5.41) is 0. The molecule has 0 fully saturated rings. The summed E-state index contributed by atoms with van der Waals surface area (Å²) >= 11 is 0.